The van der Waals surface area contributed by atoms with E-state index in [0.29, 0.717) is 6.07 Å². The van der Waals surface area contributed by atoms with Crippen molar-refractivity contribution in [3.63, 3.8) is 0 Å². The molecule has 9 heteroatoms. The van der Waals surface area contributed by atoms with E-state index in [9.17, 15) is 28.3 Å². The fourth-order valence-corrected chi connectivity index (χ4v) is 2.34. The first-order valence-corrected chi connectivity index (χ1v) is 7.19. The number of ketones is 1. The molecular formula is C15H16F2N2O5. The van der Waals surface area contributed by atoms with Crippen LogP contribution in [0.1, 0.15) is 23.2 Å². The van der Waals surface area contributed by atoms with Crippen LogP contribution in [0.2, 0.25) is 0 Å². The Morgan fingerprint density at radius 1 is 1.17 bits per heavy atom. The van der Waals surface area contributed by atoms with Crippen LogP contribution in [0, 0.1) is 11.6 Å². The summed E-state index contributed by atoms with van der Waals surface area (Å²) < 4.78 is 26.0. The Hall–Kier alpha value is -2.55. The van der Waals surface area contributed by atoms with Crippen LogP contribution < -0.4 is 5.32 Å². The second-order valence-corrected chi connectivity index (χ2v) is 5.61. The number of hydrogen-bond acceptors (Lipinski definition) is 4. The number of hydrogen-bond donors (Lipinski definition) is 3. The van der Waals surface area contributed by atoms with Gasteiger partial charge in [0.1, 0.15) is 11.6 Å². The molecule has 130 valence electrons. The van der Waals surface area contributed by atoms with E-state index >= 15 is 0 Å². The highest BCUT2D eigenvalue weighted by Crippen LogP contribution is 2.21. The summed E-state index contributed by atoms with van der Waals surface area (Å²) in [4.78, 5) is 35.1. The van der Waals surface area contributed by atoms with Crippen molar-refractivity contribution in [1.82, 2.24) is 10.2 Å². The summed E-state index contributed by atoms with van der Waals surface area (Å²) >= 11 is 0. The molecule has 1 heterocycles. The summed E-state index contributed by atoms with van der Waals surface area (Å²) in [6.07, 6.45) is -1.05. The van der Waals surface area contributed by atoms with Crippen LogP contribution in [0.25, 0.3) is 0 Å². The Morgan fingerprint density at radius 2 is 1.75 bits per heavy atom. The second-order valence-electron chi connectivity index (χ2n) is 5.61. The van der Waals surface area contributed by atoms with E-state index < -0.39 is 35.0 Å². The van der Waals surface area contributed by atoms with E-state index in [1.807, 2.05) is 0 Å². The van der Waals surface area contributed by atoms with Crippen LogP contribution in [0.4, 0.5) is 13.6 Å². The molecule has 1 fully saturated rings. The first-order chi connectivity index (χ1) is 11.2. The van der Waals surface area contributed by atoms with Crippen molar-refractivity contribution in [2.24, 2.45) is 0 Å². The minimum Gasteiger partial charge on any atom is -0.465 e. The fourth-order valence-electron chi connectivity index (χ4n) is 2.34. The summed E-state index contributed by atoms with van der Waals surface area (Å²) in [6, 6.07) is 2.53. The van der Waals surface area contributed by atoms with E-state index in [4.69, 9.17) is 5.11 Å². The molecule has 1 aromatic rings. The van der Waals surface area contributed by atoms with Crippen molar-refractivity contribution in [3.05, 3.63) is 35.4 Å². The lowest BCUT2D eigenvalue weighted by Gasteiger charge is -2.43. The highest BCUT2D eigenvalue weighted by atomic mass is 19.1. The van der Waals surface area contributed by atoms with Crippen molar-refractivity contribution in [3.8, 4) is 0 Å². The van der Waals surface area contributed by atoms with Gasteiger partial charge in [0.2, 0.25) is 0 Å². The number of nitrogens with one attached hydrogen (secondary N) is 1. The molecule has 0 bridgehead atoms. The lowest BCUT2D eigenvalue weighted by atomic mass is 9.93. The van der Waals surface area contributed by atoms with Crippen molar-refractivity contribution >= 4 is 17.8 Å². The van der Waals surface area contributed by atoms with E-state index in [2.05, 4.69) is 5.32 Å². The van der Waals surface area contributed by atoms with E-state index in [-0.39, 0.29) is 38.0 Å². The van der Waals surface area contributed by atoms with Crippen molar-refractivity contribution in [1.29, 1.82) is 0 Å². The van der Waals surface area contributed by atoms with Gasteiger partial charge in [-0.3, -0.25) is 9.59 Å². The van der Waals surface area contributed by atoms with Gasteiger partial charge >= 0.3 is 6.09 Å². The Labute approximate surface area is 135 Å². The number of aliphatic hydroxyl groups is 1. The minimum atomic E-state index is -1.76. The molecule has 3 N–H and O–H groups in total. The first-order valence-electron chi connectivity index (χ1n) is 7.19. The average Bonchev–Trinajstić information content (AvgIpc) is 2.46. The molecule has 0 radical (unpaired) electrons. The van der Waals surface area contributed by atoms with Crippen LogP contribution in [-0.2, 0) is 4.79 Å². The molecule has 2 amide bonds. The van der Waals surface area contributed by atoms with Gasteiger partial charge in [-0.2, -0.15) is 0 Å². The molecule has 1 aliphatic heterocycles. The average molecular weight is 342 g/mol. The predicted molar refractivity (Wildman–Crippen MR) is 77.5 cm³/mol. The van der Waals surface area contributed by atoms with Crippen molar-refractivity contribution < 1.29 is 33.4 Å². The largest absolute Gasteiger partial charge is 0.465 e. The maximum Gasteiger partial charge on any atom is 0.407 e. The van der Waals surface area contributed by atoms with Crippen molar-refractivity contribution in [2.75, 3.05) is 19.6 Å². The molecule has 7 nitrogen and oxygen atoms in total. The quantitative estimate of drug-likeness (QED) is 0.523. The third-order valence-corrected chi connectivity index (χ3v) is 3.65. The van der Waals surface area contributed by atoms with Gasteiger partial charge < -0.3 is 20.4 Å². The van der Waals surface area contributed by atoms with Crippen LogP contribution in [0.15, 0.2) is 18.2 Å². The molecule has 1 saturated heterocycles. The van der Waals surface area contributed by atoms with E-state index in [0.717, 1.165) is 17.0 Å². The number of nitrogens with zero attached hydrogens (tertiary/aromatic N) is 1. The normalized spacial score (nSPS) is 15.5. The number of β-amino-alcohol motifs (C(OH)–C–C–N with tert-alkyl or cyclic N) is 1. The Balaban J connectivity index is 1.74. The van der Waals surface area contributed by atoms with Gasteiger partial charge in [0.15, 0.2) is 11.4 Å². The lowest BCUT2D eigenvalue weighted by Crippen LogP contribution is -2.69. The molecule has 0 atom stereocenters. The zero-order valence-electron chi connectivity index (χ0n) is 12.6. The maximum absolute atomic E-state index is 13.0. The molecule has 24 heavy (non-hydrogen) atoms. The number of Topliss-reactive ketones (excluding diaryl/α,β-unsaturated/α-hetero) is 1. The van der Waals surface area contributed by atoms with Crippen LogP contribution in [-0.4, -0.2) is 58.1 Å². The zero-order valence-corrected chi connectivity index (χ0v) is 12.6. The van der Waals surface area contributed by atoms with Gasteiger partial charge in [0.25, 0.3) is 5.91 Å². The van der Waals surface area contributed by atoms with Gasteiger partial charge in [0, 0.05) is 24.6 Å². The zero-order chi connectivity index (χ0) is 17.9. The maximum atomic E-state index is 13.0. The Kier molecular flexibility index (Phi) is 5.13. The van der Waals surface area contributed by atoms with Gasteiger partial charge in [-0.1, -0.05) is 0 Å². The number of halogens is 2. The highest BCUT2D eigenvalue weighted by Gasteiger charge is 2.49. The number of likely N-dealkylation sites (tertiary alicyclic amines) is 1. The third-order valence-electron chi connectivity index (χ3n) is 3.65. The number of amides is 2. The molecule has 1 aromatic carbocycles. The summed E-state index contributed by atoms with van der Waals surface area (Å²) in [5.74, 6) is -2.88. The van der Waals surface area contributed by atoms with Crippen LogP contribution >= 0.6 is 0 Å². The molecule has 0 unspecified atom stereocenters. The van der Waals surface area contributed by atoms with Crippen molar-refractivity contribution in [2.45, 2.75) is 18.4 Å². The molecule has 1 aliphatic rings. The molecule has 0 saturated carbocycles. The topological polar surface area (TPSA) is 107 Å². The Morgan fingerprint density at radius 3 is 2.29 bits per heavy atom. The fraction of sp³-hybridized carbons (Fsp3) is 0.400. The van der Waals surface area contributed by atoms with E-state index in [1.165, 1.54) is 0 Å². The Bertz CT molecular complexity index is 654. The molecule has 0 aromatic heterocycles. The third kappa shape index (κ3) is 4.05. The number of rotatable bonds is 6. The second kappa shape index (κ2) is 6.91. The molecule has 2 rings (SSSR count). The standard InChI is InChI=1S/C15H16F2N2O5/c16-10-4-9(5-11(17)6-10)12(20)2-1-3-18-13(21)15(24)7-19(8-15)14(22)23/h4-6,24H,1-3,7-8H2,(H,18,21)(H,22,23). The number of benzene rings is 1. The molecular weight excluding hydrogens is 326 g/mol. The number of carbonyl (C=O) groups is 3. The van der Waals surface area contributed by atoms with Gasteiger partial charge in [-0.25, -0.2) is 13.6 Å². The summed E-state index contributed by atoms with van der Waals surface area (Å²) in [5.41, 5.74) is -1.85. The van der Waals surface area contributed by atoms with E-state index in [1.54, 1.807) is 0 Å². The van der Waals surface area contributed by atoms with Gasteiger partial charge in [0.05, 0.1) is 13.1 Å². The lowest BCUT2D eigenvalue weighted by molar-refractivity contribution is -0.155. The molecule has 0 aliphatic carbocycles. The monoisotopic (exact) mass is 342 g/mol. The van der Waals surface area contributed by atoms with Gasteiger partial charge in [-0.05, 0) is 18.6 Å². The number of carboxylic acid groups (broad SMARTS) is 1. The first kappa shape index (κ1) is 17.8. The predicted octanol–water partition coefficient (Wildman–Crippen LogP) is 0.769. The minimum absolute atomic E-state index is 0.0388. The summed E-state index contributed by atoms with van der Waals surface area (Å²) in [6.45, 7) is -0.552. The molecule has 0 spiro atoms. The highest BCUT2D eigenvalue weighted by molar-refractivity contribution is 5.96. The SMILES string of the molecule is O=C(CCCNC(=O)C1(O)CN(C(=O)O)C1)c1cc(F)cc(F)c1. The van der Waals surface area contributed by atoms with Crippen LogP contribution in [0.5, 0.6) is 0 Å². The van der Waals surface area contributed by atoms with Gasteiger partial charge in [-0.15, -0.1) is 0 Å². The summed E-state index contributed by atoms with van der Waals surface area (Å²) in [7, 11) is 0. The summed E-state index contributed by atoms with van der Waals surface area (Å²) in [5, 5.41) is 20.9. The smallest absolute Gasteiger partial charge is 0.407 e. The van der Waals surface area contributed by atoms with Crippen LogP contribution in [0.3, 0.4) is 0 Å². The number of carbonyl (C=O) groups excluding carboxylic acids is 2.